The average molecular weight is 418 g/mol. The van der Waals surface area contributed by atoms with E-state index in [0.717, 1.165) is 5.56 Å². The summed E-state index contributed by atoms with van der Waals surface area (Å²) in [6, 6.07) is 12.8. The summed E-state index contributed by atoms with van der Waals surface area (Å²) in [6.07, 6.45) is 0. The molecule has 1 atom stereocenters. The molecule has 2 aromatic carbocycles. The van der Waals surface area contributed by atoms with E-state index >= 15 is 0 Å². The Hall–Kier alpha value is -2.71. The number of nitrogens with one attached hydrogen (secondary N) is 3. The van der Waals surface area contributed by atoms with Gasteiger partial charge < -0.3 is 10.6 Å². The van der Waals surface area contributed by atoms with Crippen molar-refractivity contribution >= 4 is 27.5 Å². The van der Waals surface area contributed by atoms with Crippen molar-refractivity contribution in [3.63, 3.8) is 0 Å². The Morgan fingerprint density at radius 3 is 2.03 bits per heavy atom. The fourth-order valence-electron chi connectivity index (χ4n) is 2.41. The van der Waals surface area contributed by atoms with Crippen molar-refractivity contribution in [3.8, 4) is 0 Å². The normalized spacial score (nSPS) is 12.4. The standard InChI is InChI=1S/C21H27N3O4S/c1-14(2)15(3)23-21(26)18-7-5-17(6-8-18)13-22-29(27,28)20-11-9-19(10-12-20)24-16(4)25/h5-12,14-15,22H,13H2,1-4H3,(H,23,26)(H,24,25). The van der Waals surface area contributed by atoms with E-state index in [-0.39, 0.29) is 29.3 Å². The van der Waals surface area contributed by atoms with E-state index in [1.54, 1.807) is 24.3 Å². The highest BCUT2D eigenvalue weighted by Gasteiger charge is 2.15. The second kappa shape index (κ2) is 9.67. The van der Waals surface area contributed by atoms with Crippen molar-refractivity contribution in [1.82, 2.24) is 10.0 Å². The molecule has 0 bridgehead atoms. The van der Waals surface area contributed by atoms with Gasteiger partial charge in [0.25, 0.3) is 5.91 Å². The minimum atomic E-state index is -3.70. The summed E-state index contributed by atoms with van der Waals surface area (Å²) in [4.78, 5) is 23.4. The fourth-order valence-corrected chi connectivity index (χ4v) is 3.43. The second-order valence-electron chi connectivity index (χ2n) is 7.23. The predicted octanol–water partition coefficient (Wildman–Crippen LogP) is 2.90. The minimum absolute atomic E-state index is 0.0611. The summed E-state index contributed by atoms with van der Waals surface area (Å²) in [7, 11) is -3.70. The van der Waals surface area contributed by atoms with Crippen LogP contribution in [0.3, 0.4) is 0 Å². The zero-order valence-corrected chi connectivity index (χ0v) is 17.8. The number of amides is 2. The topological polar surface area (TPSA) is 104 Å². The number of rotatable bonds is 8. The number of hydrogen-bond donors (Lipinski definition) is 3. The highest BCUT2D eigenvalue weighted by molar-refractivity contribution is 7.89. The monoisotopic (exact) mass is 417 g/mol. The molecule has 8 heteroatoms. The smallest absolute Gasteiger partial charge is 0.251 e. The molecule has 0 radical (unpaired) electrons. The molecular weight excluding hydrogens is 390 g/mol. The Kier molecular flexibility index (Phi) is 7.53. The van der Waals surface area contributed by atoms with Crippen molar-refractivity contribution in [2.45, 2.75) is 45.2 Å². The van der Waals surface area contributed by atoms with E-state index in [9.17, 15) is 18.0 Å². The Balaban J connectivity index is 1.98. The van der Waals surface area contributed by atoms with Gasteiger partial charge in [0.2, 0.25) is 15.9 Å². The number of benzene rings is 2. The number of carbonyl (C=O) groups is 2. The van der Waals surface area contributed by atoms with Crippen LogP contribution in [0.5, 0.6) is 0 Å². The van der Waals surface area contributed by atoms with E-state index in [1.807, 2.05) is 20.8 Å². The van der Waals surface area contributed by atoms with Crippen LogP contribution in [0.2, 0.25) is 0 Å². The molecule has 0 aromatic heterocycles. The van der Waals surface area contributed by atoms with Crippen LogP contribution in [0, 0.1) is 5.92 Å². The first-order chi connectivity index (χ1) is 13.6. The maximum absolute atomic E-state index is 12.4. The van der Waals surface area contributed by atoms with Crippen LogP contribution in [0.1, 0.15) is 43.6 Å². The van der Waals surface area contributed by atoms with Gasteiger partial charge in [0.05, 0.1) is 4.90 Å². The molecule has 156 valence electrons. The predicted molar refractivity (Wildman–Crippen MR) is 113 cm³/mol. The maximum atomic E-state index is 12.4. The third-order valence-electron chi connectivity index (χ3n) is 4.53. The van der Waals surface area contributed by atoms with E-state index in [1.165, 1.54) is 31.2 Å². The minimum Gasteiger partial charge on any atom is -0.349 e. The molecular formula is C21H27N3O4S. The van der Waals surface area contributed by atoms with Gasteiger partial charge in [0.15, 0.2) is 0 Å². The van der Waals surface area contributed by atoms with Gasteiger partial charge in [-0.1, -0.05) is 26.0 Å². The first-order valence-corrected chi connectivity index (χ1v) is 10.8. The Labute approximate surface area is 172 Å². The van der Waals surface area contributed by atoms with E-state index in [2.05, 4.69) is 15.4 Å². The lowest BCUT2D eigenvalue weighted by atomic mass is 10.1. The van der Waals surface area contributed by atoms with Crippen LogP contribution in [0.15, 0.2) is 53.4 Å². The molecule has 0 aliphatic rings. The van der Waals surface area contributed by atoms with Gasteiger partial charge in [0, 0.05) is 30.8 Å². The van der Waals surface area contributed by atoms with Crippen LogP contribution in [0.4, 0.5) is 5.69 Å². The molecule has 2 rings (SSSR count). The molecule has 0 saturated carbocycles. The first kappa shape index (κ1) is 22.6. The SMILES string of the molecule is CC(=O)Nc1ccc(S(=O)(=O)NCc2ccc(C(=O)NC(C)C(C)C)cc2)cc1. The van der Waals surface area contributed by atoms with Crippen LogP contribution in [-0.4, -0.2) is 26.3 Å². The molecule has 29 heavy (non-hydrogen) atoms. The van der Waals surface area contributed by atoms with E-state index < -0.39 is 10.0 Å². The molecule has 0 heterocycles. The summed E-state index contributed by atoms with van der Waals surface area (Å²) < 4.78 is 27.4. The summed E-state index contributed by atoms with van der Waals surface area (Å²) in [5.41, 5.74) is 1.78. The average Bonchev–Trinajstić information content (AvgIpc) is 2.66. The molecule has 2 amide bonds. The molecule has 0 saturated heterocycles. The second-order valence-corrected chi connectivity index (χ2v) is 9.00. The fraction of sp³-hybridized carbons (Fsp3) is 0.333. The molecule has 7 nitrogen and oxygen atoms in total. The summed E-state index contributed by atoms with van der Waals surface area (Å²) >= 11 is 0. The summed E-state index contributed by atoms with van der Waals surface area (Å²) in [6.45, 7) is 7.50. The highest BCUT2D eigenvalue weighted by Crippen LogP contribution is 2.15. The van der Waals surface area contributed by atoms with Crippen LogP contribution < -0.4 is 15.4 Å². The van der Waals surface area contributed by atoms with Gasteiger partial charge in [-0.25, -0.2) is 13.1 Å². The third-order valence-corrected chi connectivity index (χ3v) is 5.94. The molecule has 0 aliphatic carbocycles. The lowest BCUT2D eigenvalue weighted by molar-refractivity contribution is -0.114. The molecule has 0 fully saturated rings. The molecule has 3 N–H and O–H groups in total. The lowest BCUT2D eigenvalue weighted by Gasteiger charge is -2.17. The Morgan fingerprint density at radius 2 is 1.52 bits per heavy atom. The largest absolute Gasteiger partial charge is 0.349 e. The molecule has 2 aromatic rings. The maximum Gasteiger partial charge on any atom is 0.251 e. The van der Waals surface area contributed by atoms with Crippen molar-refractivity contribution in [3.05, 3.63) is 59.7 Å². The Bertz CT molecular complexity index is 952. The molecule has 0 spiro atoms. The highest BCUT2D eigenvalue weighted by atomic mass is 32.2. The summed E-state index contributed by atoms with van der Waals surface area (Å²) in [5.74, 6) is -0.0490. The van der Waals surface area contributed by atoms with Crippen molar-refractivity contribution in [1.29, 1.82) is 0 Å². The van der Waals surface area contributed by atoms with Crippen molar-refractivity contribution in [2.75, 3.05) is 5.32 Å². The van der Waals surface area contributed by atoms with Crippen molar-refractivity contribution < 1.29 is 18.0 Å². The number of hydrogen-bond acceptors (Lipinski definition) is 4. The number of anilines is 1. The van der Waals surface area contributed by atoms with Crippen LogP contribution in [-0.2, 0) is 21.4 Å². The van der Waals surface area contributed by atoms with Crippen molar-refractivity contribution in [2.24, 2.45) is 5.92 Å². The summed E-state index contributed by atoms with van der Waals surface area (Å²) in [5, 5.41) is 5.52. The van der Waals surface area contributed by atoms with Gasteiger partial charge in [-0.3, -0.25) is 9.59 Å². The van der Waals surface area contributed by atoms with Crippen LogP contribution in [0.25, 0.3) is 0 Å². The zero-order valence-electron chi connectivity index (χ0n) is 17.0. The lowest BCUT2D eigenvalue weighted by Crippen LogP contribution is -2.36. The Morgan fingerprint density at radius 1 is 0.931 bits per heavy atom. The molecule has 0 aliphatic heterocycles. The number of sulfonamides is 1. The number of carbonyl (C=O) groups excluding carboxylic acids is 2. The van der Waals surface area contributed by atoms with Gasteiger partial charge in [-0.2, -0.15) is 0 Å². The van der Waals surface area contributed by atoms with E-state index in [0.29, 0.717) is 17.2 Å². The van der Waals surface area contributed by atoms with E-state index in [4.69, 9.17) is 0 Å². The van der Waals surface area contributed by atoms with Gasteiger partial charge >= 0.3 is 0 Å². The third kappa shape index (κ3) is 6.69. The first-order valence-electron chi connectivity index (χ1n) is 9.35. The quantitative estimate of drug-likeness (QED) is 0.614. The van der Waals surface area contributed by atoms with Gasteiger partial charge in [-0.05, 0) is 54.8 Å². The van der Waals surface area contributed by atoms with Gasteiger partial charge in [0.1, 0.15) is 0 Å². The van der Waals surface area contributed by atoms with Crippen LogP contribution >= 0.6 is 0 Å². The zero-order chi connectivity index (χ0) is 21.6. The van der Waals surface area contributed by atoms with Gasteiger partial charge in [-0.15, -0.1) is 0 Å². The molecule has 1 unspecified atom stereocenters.